The van der Waals surface area contributed by atoms with E-state index in [4.69, 9.17) is 9.47 Å². The molecule has 8 heteroatoms. The van der Waals surface area contributed by atoms with Crippen LogP contribution in [0.1, 0.15) is 37.9 Å². The summed E-state index contributed by atoms with van der Waals surface area (Å²) in [7, 11) is -2.30. The highest BCUT2D eigenvalue weighted by atomic mass is 32.2. The van der Waals surface area contributed by atoms with Gasteiger partial charge in [0.2, 0.25) is 10.0 Å². The first kappa shape index (κ1) is 23.9. The summed E-state index contributed by atoms with van der Waals surface area (Å²) in [5, 5.41) is 1.92. The average Bonchev–Trinajstić information content (AvgIpc) is 3.31. The molecule has 1 saturated heterocycles. The molecule has 0 aliphatic carbocycles. The number of sulfonamides is 1. The average molecular weight is 488 g/mol. The fraction of sp³-hybridized carbons (Fsp3) is 0.400. The molecule has 33 heavy (non-hydrogen) atoms. The van der Waals surface area contributed by atoms with Crippen LogP contribution in [0.5, 0.6) is 5.75 Å². The lowest BCUT2D eigenvalue weighted by atomic mass is 9.76. The molecule has 1 fully saturated rings. The second-order valence-corrected chi connectivity index (χ2v) is 12.2. The Hall–Kier alpha value is -2.29. The van der Waals surface area contributed by atoms with Gasteiger partial charge in [-0.15, -0.1) is 11.8 Å². The number of thioether (sulfide) groups is 1. The minimum Gasteiger partial charge on any atom is -0.497 e. The van der Waals surface area contributed by atoms with E-state index in [1.165, 1.54) is 16.1 Å². The van der Waals surface area contributed by atoms with Crippen LogP contribution in [0, 0.1) is 12.3 Å². The van der Waals surface area contributed by atoms with Crippen LogP contribution in [0.25, 0.3) is 0 Å². The van der Waals surface area contributed by atoms with Crippen LogP contribution >= 0.6 is 11.8 Å². The largest absolute Gasteiger partial charge is 0.497 e. The lowest BCUT2D eigenvalue weighted by molar-refractivity contribution is -0.165. The summed E-state index contributed by atoms with van der Waals surface area (Å²) in [5.41, 5.74) is 0.687. The summed E-state index contributed by atoms with van der Waals surface area (Å²) in [6.45, 7) is 7.52. The molecule has 2 aliphatic rings. The third-order valence-corrected chi connectivity index (χ3v) is 8.91. The van der Waals surface area contributed by atoms with E-state index in [-0.39, 0.29) is 11.4 Å². The molecule has 0 aromatic heterocycles. The van der Waals surface area contributed by atoms with Gasteiger partial charge in [-0.2, -0.15) is 4.31 Å². The van der Waals surface area contributed by atoms with E-state index in [2.05, 4.69) is 0 Å². The van der Waals surface area contributed by atoms with Crippen molar-refractivity contribution >= 4 is 27.8 Å². The summed E-state index contributed by atoms with van der Waals surface area (Å²) in [5.74, 6) is 0.690. The maximum absolute atomic E-state index is 13.8. The third-order valence-electron chi connectivity index (χ3n) is 6.01. The van der Waals surface area contributed by atoms with E-state index in [0.717, 1.165) is 16.7 Å². The predicted molar refractivity (Wildman–Crippen MR) is 130 cm³/mol. The van der Waals surface area contributed by atoms with Crippen molar-refractivity contribution in [2.45, 2.75) is 44.2 Å². The highest BCUT2D eigenvalue weighted by molar-refractivity contribution is 8.02. The van der Waals surface area contributed by atoms with Crippen LogP contribution in [-0.4, -0.2) is 43.7 Å². The van der Waals surface area contributed by atoms with Crippen LogP contribution in [0.2, 0.25) is 0 Å². The topological polar surface area (TPSA) is 72.9 Å². The standard InChI is InChI=1S/C25H29NO5S2/c1-17-6-12-21(13-7-17)33(28,29)26-14-19-15-32-16-25(19,23(27)31-24(2,3)4)22(26)18-8-10-20(30-5)11-9-18/h6-13,15,22H,14,16H2,1-5H3/t22-,25+/m0/s1. The van der Waals surface area contributed by atoms with Crippen molar-refractivity contribution < 1.29 is 22.7 Å². The summed E-state index contributed by atoms with van der Waals surface area (Å²) >= 11 is 1.53. The number of hydrogen-bond acceptors (Lipinski definition) is 6. The number of ether oxygens (including phenoxy) is 2. The Morgan fingerprint density at radius 3 is 2.30 bits per heavy atom. The van der Waals surface area contributed by atoms with Gasteiger partial charge in [-0.1, -0.05) is 29.8 Å². The first-order valence-electron chi connectivity index (χ1n) is 10.8. The van der Waals surface area contributed by atoms with Crippen molar-refractivity contribution in [3.05, 3.63) is 70.6 Å². The monoisotopic (exact) mass is 487 g/mol. The Labute approximate surface area is 200 Å². The first-order chi connectivity index (χ1) is 15.5. The summed E-state index contributed by atoms with van der Waals surface area (Å²) in [6, 6.07) is 13.3. The number of aryl methyl sites for hydroxylation is 1. The number of benzene rings is 2. The van der Waals surface area contributed by atoms with Crippen LogP contribution in [0.4, 0.5) is 0 Å². The summed E-state index contributed by atoms with van der Waals surface area (Å²) in [4.78, 5) is 13.9. The predicted octanol–water partition coefficient (Wildman–Crippen LogP) is 4.71. The molecule has 0 spiro atoms. The second kappa shape index (κ2) is 8.49. The fourth-order valence-corrected chi connectivity index (χ4v) is 7.32. The molecule has 4 rings (SSSR count). The van der Waals surface area contributed by atoms with Gasteiger partial charge in [-0.3, -0.25) is 4.79 Å². The molecule has 0 N–H and O–H groups in total. The molecule has 0 unspecified atom stereocenters. The molecule has 2 aromatic rings. The quantitative estimate of drug-likeness (QED) is 0.569. The SMILES string of the molecule is COc1ccc([C@@H]2N(S(=O)(=O)c3ccc(C)cc3)CC3=CSC[C@@]32C(=O)OC(C)(C)C)cc1. The molecule has 2 aromatic carbocycles. The van der Waals surface area contributed by atoms with E-state index >= 15 is 0 Å². The molecule has 0 bridgehead atoms. The van der Waals surface area contributed by atoms with Gasteiger partial charge in [0.05, 0.1) is 18.0 Å². The fourth-order valence-electron chi connectivity index (χ4n) is 4.39. The van der Waals surface area contributed by atoms with Gasteiger partial charge in [0.15, 0.2) is 0 Å². The molecule has 0 radical (unpaired) electrons. The van der Waals surface area contributed by atoms with E-state index in [0.29, 0.717) is 11.5 Å². The number of hydrogen-bond donors (Lipinski definition) is 0. The van der Waals surface area contributed by atoms with Crippen molar-refractivity contribution in [3.63, 3.8) is 0 Å². The van der Waals surface area contributed by atoms with Gasteiger partial charge in [0.25, 0.3) is 0 Å². The molecule has 176 valence electrons. The zero-order chi connectivity index (χ0) is 24.0. The van der Waals surface area contributed by atoms with Crippen molar-refractivity contribution in [3.8, 4) is 5.75 Å². The van der Waals surface area contributed by atoms with Gasteiger partial charge in [0.1, 0.15) is 16.8 Å². The van der Waals surface area contributed by atoms with Crippen LogP contribution < -0.4 is 4.74 Å². The molecule has 0 amide bonds. The zero-order valence-electron chi connectivity index (χ0n) is 19.5. The molecule has 2 heterocycles. The van der Waals surface area contributed by atoms with E-state index < -0.39 is 33.1 Å². The van der Waals surface area contributed by atoms with Crippen LogP contribution in [0.3, 0.4) is 0 Å². The first-order valence-corrected chi connectivity index (χ1v) is 13.2. The van der Waals surface area contributed by atoms with Crippen LogP contribution in [-0.2, 0) is 19.6 Å². The highest BCUT2D eigenvalue weighted by Gasteiger charge is 2.62. The Kier molecular flexibility index (Phi) is 6.14. The number of methoxy groups -OCH3 is 1. The van der Waals surface area contributed by atoms with Crippen molar-refractivity contribution in [2.24, 2.45) is 5.41 Å². The molecule has 0 saturated carbocycles. The summed E-state index contributed by atoms with van der Waals surface area (Å²) in [6.07, 6.45) is 0. The Balaban J connectivity index is 1.88. The maximum atomic E-state index is 13.8. The maximum Gasteiger partial charge on any atom is 0.319 e. The molecule has 6 nitrogen and oxygen atoms in total. The normalized spacial score (nSPS) is 23.2. The number of carbonyl (C=O) groups excluding carboxylic acids is 1. The lowest BCUT2D eigenvalue weighted by Gasteiger charge is -2.36. The van der Waals surface area contributed by atoms with Crippen molar-refractivity contribution in [1.82, 2.24) is 4.31 Å². The van der Waals surface area contributed by atoms with Crippen molar-refractivity contribution in [2.75, 3.05) is 19.4 Å². The van der Waals surface area contributed by atoms with E-state index in [1.54, 1.807) is 43.5 Å². The van der Waals surface area contributed by atoms with Crippen molar-refractivity contribution in [1.29, 1.82) is 0 Å². The zero-order valence-corrected chi connectivity index (χ0v) is 21.1. The van der Waals surface area contributed by atoms with Gasteiger partial charge in [-0.05, 0) is 68.5 Å². The minimum absolute atomic E-state index is 0.138. The van der Waals surface area contributed by atoms with Crippen LogP contribution in [0.15, 0.2) is 64.4 Å². The Morgan fingerprint density at radius 1 is 1.09 bits per heavy atom. The summed E-state index contributed by atoms with van der Waals surface area (Å²) < 4.78 is 40.3. The van der Waals surface area contributed by atoms with E-state index in [9.17, 15) is 13.2 Å². The Morgan fingerprint density at radius 2 is 1.73 bits per heavy atom. The molecular formula is C25H29NO5S2. The minimum atomic E-state index is -3.88. The lowest BCUT2D eigenvalue weighted by Crippen LogP contribution is -2.44. The number of rotatable bonds is 5. The molecular weight excluding hydrogens is 458 g/mol. The number of nitrogens with zero attached hydrogens (tertiary/aromatic N) is 1. The highest BCUT2D eigenvalue weighted by Crippen LogP contribution is 2.58. The van der Waals surface area contributed by atoms with Gasteiger partial charge in [-0.25, -0.2) is 8.42 Å². The second-order valence-electron chi connectivity index (χ2n) is 9.47. The molecule has 2 atom stereocenters. The number of esters is 1. The number of carbonyl (C=O) groups is 1. The van der Waals surface area contributed by atoms with E-state index in [1.807, 2.05) is 45.2 Å². The smallest absolute Gasteiger partial charge is 0.319 e. The van der Waals surface area contributed by atoms with Gasteiger partial charge >= 0.3 is 5.97 Å². The van der Waals surface area contributed by atoms with Gasteiger partial charge < -0.3 is 9.47 Å². The Bertz CT molecular complexity index is 1180. The van der Waals surface area contributed by atoms with Gasteiger partial charge in [0, 0.05) is 12.3 Å². The molecule has 2 aliphatic heterocycles. The third kappa shape index (κ3) is 4.20. The number of fused-ring (bicyclic) bond motifs is 1.